The van der Waals surface area contributed by atoms with Gasteiger partial charge in [-0.05, 0) is 86.9 Å². The summed E-state index contributed by atoms with van der Waals surface area (Å²) in [7, 11) is 1.82. The number of ether oxygens (including phenoxy) is 1. The molecule has 5 N–H and O–H groups in total. The Morgan fingerprint density at radius 3 is 2.54 bits per heavy atom. The molecule has 6 fully saturated rings. The number of methoxy groups -OCH3 is 1. The van der Waals surface area contributed by atoms with Crippen LogP contribution in [-0.4, -0.2) is 77.9 Å². The standard InChI is InChI=1S/C31H55N3O5/c1-17-24-13-21(31(24,3)4)14-25(17)33-30(37)28-27(18(2)36)26(16-35)39-34(28)15-20-9-7-11-23(29(20)38-5)19-8-6-10-22(32)12-19/h17-29,35-36H,6-16,32H2,1-5H3,(H,33,37)/t17-,18-,19?,20?,21?,22?,23?,24-,25-,26-,27+,28-,29?/m0/s1. The lowest BCUT2D eigenvalue weighted by Crippen LogP contribution is -2.62. The Morgan fingerprint density at radius 2 is 1.92 bits per heavy atom. The van der Waals surface area contributed by atoms with Crippen molar-refractivity contribution in [2.75, 3.05) is 20.3 Å². The van der Waals surface area contributed by atoms with E-state index in [1.807, 2.05) is 7.11 Å². The topological polar surface area (TPSA) is 117 Å². The molecule has 1 aliphatic heterocycles. The maximum absolute atomic E-state index is 14.0. The third-order valence-electron chi connectivity index (χ3n) is 12.1. The van der Waals surface area contributed by atoms with Crippen LogP contribution < -0.4 is 11.1 Å². The number of rotatable bonds is 8. The van der Waals surface area contributed by atoms with Crippen LogP contribution in [0.4, 0.5) is 0 Å². The average molecular weight is 550 g/mol. The molecule has 0 aromatic carbocycles. The summed E-state index contributed by atoms with van der Waals surface area (Å²) in [4.78, 5) is 20.3. The number of nitrogens with two attached hydrogens (primary N) is 1. The fourth-order valence-electron chi connectivity index (χ4n) is 9.75. The molecule has 0 aromatic rings. The molecule has 13 atom stereocenters. The number of aliphatic hydroxyl groups is 2. The number of hydroxylamine groups is 2. The van der Waals surface area contributed by atoms with Crippen molar-refractivity contribution in [1.29, 1.82) is 0 Å². The second kappa shape index (κ2) is 11.8. The monoisotopic (exact) mass is 549 g/mol. The van der Waals surface area contributed by atoms with E-state index in [9.17, 15) is 15.0 Å². The molecule has 5 saturated carbocycles. The van der Waals surface area contributed by atoms with Crippen molar-refractivity contribution in [2.45, 2.75) is 122 Å². The van der Waals surface area contributed by atoms with Crippen LogP contribution in [0.3, 0.4) is 0 Å². The van der Waals surface area contributed by atoms with Gasteiger partial charge in [0, 0.05) is 37.6 Å². The maximum Gasteiger partial charge on any atom is 0.240 e. The Kier molecular flexibility index (Phi) is 9.02. The van der Waals surface area contributed by atoms with Gasteiger partial charge in [-0.25, -0.2) is 0 Å². The SMILES string of the molecule is COC1C(CN2O[C@@H](CO)[C@@H]([C@H](C)O)[C@H]2C(=O)N[C@H]2CC3C[C@@H]([C@@H]2C)C3(C)C)CCCC1C1CCCC(N)C1. The van der Waals surface area contributed by atoms with Gasteiger partial charge in [0.05, 0.1) is 18.8 Å². The van der Waals surface area contributed by atoms with E-state index in [0.29, 0.717) is 41.5 Å². The zero-order valence-electron chi connectivity index (χ0n) is 24.9. The van der Waals surface area contributed by atoms with Crippen molar-refractivity contribution in [3.63, 3.8) is 0 Å². The second-order valence-electron chi connectivity index (χ2n) is 14.5. The van der Waals surface area contributed by atoms with Crippen LogP contribution in [0.5, 0.6) is 0 Å². The Hall–Kier alpha value is -0.770. The molecule has 224 valence electrons. The van der Waals surface area contributed by atoms with Gasteiger partial charge in [-0.15, -0.1) is 0 Å². The van der Waals surface area contributed by atoms with Gasteiger partial charge >= 0.3 is 0 Å². The molecule has 6 rings (SSSR count). The van der Waals surface area contributed by atoms with Crippen LogP contribution in [0.2, 0.25) is 0 Å². The lowest BCUT2D eigenvalue weighted by molar-refractivity contribution is -0.193. The third kappa shape index (κ3) is 5.55. The van der Waals surface area contributed by atoms with E-state index in [-0.39, 0.29) is 36.6 Å². The van der Waals surface area contributed by atoms with E-state index in [4.69, 9.17) is 15.3 Å². The molecular weight excluding hydrogens is 494 g/mol. The van der Waals surface area contributed by atoms with Crippen LogP contribution in [0.15, 0.2) is 0 Å². The van der Waals surface area contributed by atoms with Crippen molar-refractivity contribution in [3.8, 4) is 0 Å². The highest BCUT2D eigenvalue weighted by molar-refractivity contribution is 5.82. The molecule has 1 heterocycles. The fourth-order valence-corrected chi connectivity index (χ4v) is 9.75. The number of nitrogens with zero attached hydrogens (tertiary/aromatic N) is 1. The van der Waals surface area contributed by atoms with Crippen molar-refractivity contribution in [1.82, 2.24) is 10.4 Å². The molecule has 0 spiro atoms. The van der Waals surface area contributed by atoms with Gasteiger partial charge in [-0.2, -0.15) is 5.06 Å². The molecule has 39 heavy (non-hydrogen) atoms. The van der Waals surface area contributed by atoms with Crippen LogP contribution in [0, 0.1) is 46.8 Å². The minimum absolute atomic E-state index is 0.0765. The average Bonchev–Trinajstić information content (AvgIpc) is 3.28. The Labute approximate surface area is 235 Å². The summed E-state index contributed by atoms with van der Waals surface area (Å²) in [5, 5.41) is 26.1. The summed E-state index contributed by atoms with van der Waals surface area (Å²) in [5.74, 6) is 2.40. The van der Waals surface area contributed by atoms with Gasteiger partial charge in [0.15, 0.2) is 0 Å². The molecule has 8 heteroatoms. The van der Waals surface area contributed by atoms with Crippen molar-refractivity contribution in [2.24, 2.45) is 52.6 Å². The van der Waals surface area contributed by atoms with Gasteiger partial charge in [-0.1, -0.05) is 33.6 Å². The van der Waals surface area contributed by atoms with Gasteiger partial charge in [-0.3, -0.25) is 9.63 Å². The number of nitrogens with one attached hydrogen (secondary N) is 1. The summed E-state index contributed by atoms with van der Waals surface area (Å²) >= 11 is 0. The highest BCUT2D eigenvalue weighted by Crippen LogP contribution is 2.61. The molecule has 2 bridgehead atoms. The maximum atomic E-state index is 14.0. The van der Waals surface area contributed by atoms with E-state index in [0.717, 1.165) is 38.5 Å². The quantitative estimate of drug-likeness (QED) is 0.368. The first-order valence-electron chi connectivity index (χ1n) is 15.9. The molecule has 1 amide bonds. The summed E-state index contributed by atoms with van der Waals surface area (Å²) in [6.45, 7) is 9.06. The molecule has 8 nitrogen and oxygen atoms in total. The minimum Gasteiger partial charge on any atom is -0.394 e. The fraction of sp³-hybridized carbons (Fsp3) is 0.968. The van der Waals surface area contributed by atoms with Crippen LogP contribution in [0.25, 0.3) is 0 Å². The Morgan fingerprint density at radius 1 is 1.18 bits per heavy atom. The first-order valence-corrected chi connectivity index (χ1v) is 15.9. The molecule has 0 aromatic heterocycles. The summed E-state index contributed by atoms with van der Waals surface area (Å²) in [5.41, 5.74) is 6.71. The normalized spacial score (nSPS) is 46.9. The number of hydrogen-bond acceptors (Lipinski definition) is 7. The van der Waals surface area contributed by atoms with E-state index in [1.165, 1.54) is 19.3 Å². The number of hydrogen-bond donors (Lipinski definition) is 4. The molecule has 0 radical (unpaired) electrons. The Bertz CT molecular complexity index is 854. The number of carbonyl (C=O) groups excluding carboxylic acids is 1. The van der Waals surface area contributed by atoms with E-state index < -0.39 is 24.2 Å². The largest absolute Gasteiger partial charge is 0.394 e. The zero-order valence-corrected chi connectivity index (χ0v) is 24.9. The minimum atomic E-state index is -0.778. The first-order chi connectivity index (χ1) is 18.6. The summed E-state index contributed by atoms with van der Waals surface area (Å²) in [6, 6.07) is -0.214. The number of amides is 1. The van der Waals surface area contributed by atoms with Gasteiger partial charge < -0.3 is 26.0 Å². The predicted molar refractivity (Wildman–Crippen MR) is 150 cm³/mol. The lowest BCUT2D eigenvalue weighted by Gasteiger charge is -2.62. The molecule has 6 unspecified atom stereocenters. The Balaban J connectivity index is 1.32. The molecular formula is C31H55N3O5. The predicted octanol–water partition coefficient (Wildman–Crippen LogP) is 3.10. The van der Waals surface area contributed by atoms with E-state index >= 15 is 0 Å². The smallest absolute Gasteiger partial charge is 0.240 e. The number of carbonyl (C=O) groups is 1. The molecule has 5 aliphatic carbocycles. The second-order valence-corrected chi connectivity index (χ2v) is 14.5. The van der Waals surface area contributed by atoms with E-state index in [1.54, 1.807) is 12.0 Å². The van der Waals surface area contributed by atoms with Gasteiger partial charge in [0.1, 0.15) is 12.1 Å². The van der Waals surface area contributed by atoms with E-state index in [2.05, 4.69) is 26.1 Å². The van der Waals surface area contributed by atoms with Crippen LogP contribution in [-0.2, 0) is 14.4 Å². The molecule has 1 saturated heterocycles. The lowest BCUT2D eigenvalue weighted by atomic mass is 9.45. The van der Waals surface area contributed by atoms with Crippen molar-refractivity contribution >= 4 is 5.91 Å². The van der Waals surface area contributed by atoms with Crippen molar-refractivity contribution < 1.29 is 24.6 Å². The highest BCUT2D eigenvalue weighted by atomic mass is 16.7. The zero-order chi connectivity index (χ0) is 28.1. The highest BCUT2D eigenvalue weighted by Gasteiger charge is 2.57. The van der Waals surface area contributed by atoms with Crippen LogP contribution in [0.1, 0.15) is 85.5 Å². The van der Waals surface area contributed by atoms with Crippen molar-refractivity contribution in [3.05, 3.63) is 0 Å². The summed E-state index contributed by atoms with van der Waals surface area (Å²) < 4.78 is 6.19. The van der Waals surface area contributed by atoms with Crippen LogP contribution >= 0.6 is 0 Å². The third-order valence-corrected chi connectivity index (χ3v) is 12.1. The summed E-state index contributed by atoms with van der Waals surface area (Å²) in [6.07, 6.45) is 8.87. The van der Waals surface area contributed by atoms with Gasteiger partial charge in [0.25, 0.3) is 0 Å². The first kappa shape index (κ1) is 29.7. The number of fused-ring (bicyclic) bond motifs is 2. The molecule has 6 aliphatic rings. The number of aliphatic hydroxyl groups excluding tert-OH is 2. The van der Waals surface area contributed by atoms with Gasteiger partial charge in [0.2, 0.25) is 5.91 Å².